The number of likely N-dealkylation sites (N-methyl/N-ethyl adjacent to an activating group) is 1. The zero-order valence-electron chi connectivity index (χ0n) is 14.6. The second kappa shape index (κ2) is 8.12. The largest absolute Gasteiger partial charge is 0.352 e. The number of hydrogen-bond acceptors (Lipinski definition) is 3. The van der Waals surface area contributed by atoms with Crippen LogP contribution in [0.5, 0.6) is 0 Å². The summed E-state index contributed by atoms with van der Waals surface area (Å²) in [5, 5.41) is 8.15. The van der Waals surface area contributed by atoms with Crippen molar-refractivity contribution in [3.05, 3.63) is 48.0 Å². The number of fused-ring (bicyclic) bond motifs is 1. The fraction of sp³-hybridized carbons (Fsp3) is 0.400. The van der Waals surface area contributed by atoms with Crippen LogP contribution in [0.4, 0.5) is 0 Å². The molecule has 5 nitrogen and oxygen atoms in total. The Bertz CT molecular complexity index is 759. The summed E-state index contributed by atoms with van der Waals surface area (Å²) < 4.78 is 0. The summed E-state index contributed by atoms with van der Waals surface area (Å²) in [6.45, 7) is 2.02. The standard InChI is InChI=1S/C20H25N3O2/c1-21-14-18-7-4-12-23(18)19(24)10-11-22-20(25)17-9-8-15-5-2-3-6-16(15)13-17/h2-3,5-6,8-9,13,18,21H,4,7,10-12,14H2,1H3,(H,22,25). The number of rotatable bonds is 6. The Labute approximate surface area is 148 Å². The summed E-state index contributed by atoms with van der Waals surface area (Å²) in [6.07, 6.45) is 2.46. The van der Waals surface area contributed by atoms with Gasteiger partial charge in [-0.3, -0.25) is 9.59 Å². The topological polar surface area (TPSA) is 61.4 Å². The van der Waals surface area contributed by atoms with Gasteiger partial charge < -0.3 is 15.5 Å². The number of nitrogens with zero attached hydrogens (tertiary/aromatic N) is 1. The van der Waals surface area contributed by atoms with Crippen molar-refractivity contribution in [3.8, 4) is 0 Å². The van der Waals surface area contributed by atoms with Crippen LogP contribution in [0.15, 0.2) is 42.5 Å². The van der Waals surface area contributed by atoms with Gasteiger partial charge in [-0.1, -0.05) is 30.3 Å². The molecule has 2 amide bonds. The van der Waals surface area contributed by atoms with Crippen LogP contribution < -0.4 is 10.6 Å². The normalized spacial score (nSPS) is 17.0. The van der Waals surface area contributed by atoms with Crippen molar-refractivity contribution in [2.45, 2.75) is 25.3 Å². The Hall–Kier alpha value is -2.40. The lowest BCUT2D eigenvalue weighted by Gasteiger charge is -2.24. The molecule has 5 heteroatoms. The van der Waals surface area contributed by atoms with Crippen LogP contribution in [-0.2, 0) is 4.79 Å². The van der Waals surface area contributed by atoms with Gasteiger partial charge in [-0.15, -0.1) is 0 Å². The summed E-state index contributed by atoms with van der Waals surface area (Å²) >= 11 is 0. The van der Waals surface area contributed by atoms with Crippen molar-refractivity contribution in [2.24, 2.45) is 0 Å². The zero-order valence-corrected chi connectivity index (χ0v) is 14.6. The predicted molar refractivity (Wildman–Crippen MR) is 99.6 cm³/mol. The third-order valence-corrected chi connectivity index (χ3v) is 4.77. The summed E-state index contributed by atoms with van der Waals surface area (Å²) in [6, 6.07) is 13.9. The van der Waals surface area contributed by atoms with Gasteiger partial charge in [-0.05, 0) is 42.8 Å². The van der Waals surface area contributed by atoms with Crippen LogP contribution in [0.1, 0.15) is 29.6 Å². The molecule has 0 spiro atoms. The minimum absolute atomic E-state index is 0.122. The fourth-order valence-electron chi connectivity index (χ4n) is 3.47. The minimum atomic E-state index is -0.133. The molecule has 1 heterocycles. The molecule has 1 aliphatic heterocycles. The van der Waals surface area contributed by atoms with Crippen molar-refractivity contribution >= 4 is 22.6 Å². The van der Waals surface area contributed by atoms with E-state index in [0.29, 0.717) is 18.5 Å². The summed E-state index contributed by atoms with van der Waals surface area (Å²) in [7, 11) is 1.91. The van der Waals surface area contributed by atoms with Crippen LogP contribution >= 0.6 is 0 Å². The number of likely N-dealkylation sites (tertiary alicyclic amines) is 1. The van der Waals surface area contributed by atoms with Crippen LogP contribution in [0.2, 0.25) is 0 Å². The molecule has 0 bridgehead atoms. The number of amides is 2. The van der Waals surface area contributed by atoms with Crippen LogP contribution in [-0.4, -0.2) is 49.4 Å². The lowest BCUT2D eigenvalue weighted by atomic mass is 10.1. The number of carbonyl (C=O) groups excluding carboxylic acids is 2. The van der Waals surface area contributed by atoms with E-state index in [-0.39, 0.29) is 17.9 Å². The van der Waals surface area contributed by atoms with E-state index < -0.39 is 0 Å². The van der Waals surface area contributed by atoms with Crippen LogP contribution in [0.3, 0.4) is 0 Å². The van der Waals surface area contributed by atoms with Gasteiger partial charge >= 0.3 is 0 Å². The molecule has 132 valence electrons. The number of nitrogens with one attached hydrogen (secondary N) is 2. The molecule has 0 saturated carbocycles. The van der Waals surface area contributed by atoms with Crippen molar-refractivity contribution in [1.82, 2.24) is 15.5 Å². The molecule has 0 aromatic heterocycles. The molecule has 1 aliphatic rings. The zero-order chi connectivity index (χ0) is 17.6. The quantitative estimate of drug-likeness (QED) is 0.848. The van der Waals surface area contributed by atoms with E-state index in [0.717, 1.165) is 36.7 Å². The summed E-state index contributed by atoms with van der Waals surface area (Å²) in [4.78, 5) is 26.6. The smallest absolute Gasteiger partial charge is 0.251 e. The van der Waals surface area contributed by atoms with Gasteiger partial charge in [0, 0.05) is 37.7 Å². The predicted octanol–water partition coefficient (Wildman–Crippen LogP) is 2.17. The average Bonchev–Trinajstić information content (AvgIpc) is 3.10. The highest BCUT2D eigenvalue weighted by molar-refractivity contribution is 5.98. The molecule has 0 aliphatic carbocycles. The first-order valence-corrected chi connectivity index (χ1v) is 8.90. The molecule has 0 radical (unpaired) electrons. The van der Waals surface area contributed by atoms with E-state index >= 15 is 0 Å². The van der Waals surface area contributed by atoms with E-state index in [1.54, 1.807) is 0 Å². The Kier molecular flexibility index (Phi) is 5.66. The number of hydrogen-bond donors (Lipinski definition) is 2. The molecule has 1 unspecified atom stereocenters. The molecule has 25 heavy (non-hydrogen) atoms. The molecular formula is C20H25N3O2. The molecule has 1 fully saturated rings. The van der Waals surface area contributed by atoms with E-state index in [4.69, 9.17) is 0 Å². The number of carbonyl (C=O) groups is 2. The minimum Gasteiger partial charge on any atom is -0.352 e. The Balaban J connectivity index is 1.52. The lowest BCUT2D eigenvalue weighted by Crippen LogP contribution is -2.42. The second-order valence-corrected chi connectivity index (χ2v) is 6.51. The lowest BCUT2D eigenvalue weighted by molar-refractivity contribution is -0.131. The highest BCUT2D eigenvalue weighted by Crippen LogP contribution is 2.18. The van der Waals surface area contributed by atoms with Gasteiger partial charge in [0.05, 0.1) is 0 Å². The summed E-state index contributed by atoms with van der Waals surface area (Å²) in [5.41, 5.74) is 0.625. The first kappa shape index (κ1) is 17.4. The van der Waals surface area contributed by atoms with Gasteiger partial charge in [0.2, 0.25) is 5.91 Å². The molecule has 2 aromatic rings. The Morgan fingerprint density at radius 2 is 1.96 bits per heavy atom. The van der Waals surface area contributed by atoms with Crippen LogP contribution in [0.25, 0.3) is 10.8 Å². The molecular weight excluding hydrogens is 314 g/mol. The van der Waals surface area contributed by atoms with Crippen LogP contribution in [0, 0.1) is 0 Å². The van der Waals surface area contributed by atoms with Gasteiger partial charge in [0.15, 0.2) is 0 Å². The fourth-order valence-corrected chi connectivity index (χ4v) is 3.47. The van der Waals surface area contributed by atoms with Gasteiger partial charge in [0.25, 0.3) is 5.91 Å². The highest BCUT2D eigenvalue weighted by atomic mass is 16.2. The average molecular weight is 339 g/mol. The van der Waals surface area contributed by atoms with Crippen molar-refractivity contribution in [3.63, 3.8) is 0 Å². The monoisotopic (exact) mass is 339 g/mol. The third kappa shape index (κ3) is 4.17. The maximum Gasteiger partial charge on any atom is 0.251 e. The molecule has 1 saturated heterocycles. The van der Waals surface area contributed by atoms with Crippen molar-refractivity contribution in [2.75, 3.05) is 26.7 Å². The van der Waals surface area contributed by atoms with E-state index in [2.05, 4.69) is 10.6 Å². The van der Waals surface area contributed by atoms with Crippen molar-refractivity contribution in [1.29, 1.82) is 0 Å². The maximum atomic E-state index is 12.4. The first-order chi connectivity index (χ1) is 12.2. The maximum absolute atomic E-state index is 12.4. The van der Waals surface area contributed by atoms with E-state index in [1.165, 1.54) is 0 Å². The Morgan fingerprint density at radius 3 is 2.76 bits per heavy atom. The first-order valence-electron chi connectivity index (χ1n) is 8.90. The molecule has 1 atom stereocenters. The highest BCUT2D eigenvalue weighted by Gasteiger charge is 2.27. The molecule has 2 aromatic carbocycles. The second-order valence-electron chi connectivity index (χ2n) is 6.51. The SMILES string of the molecule is CNCC1CCCN1C(=O)CCNC(=O)c1ccc2ccccc2c1. The van der Waals surface area contributed by atoms with E-state index in [9.17, 15) is 9.59 Å². The summed E-state index contributed by atoms with van der Waals surface area (Å²) in [5.74, 6) is -0.0108. The van der Waals surface area contributed by atoms with Gasteiger partial charge in [-0.2, -0.15) is 0 Å². The number of benzene rings is 2. The van der Waals surface area contributed by atoms with Gasteiger partial charge in [-0.25, -0.2) is 0 Å². The third-order valence-electron chi connectivity index (χ3n) is 4.77. The van der Waals surface area contributed by atoms with E-state index in [1.807, 2.05) is 54.4 Å². The van der Waals surface area contributed by atoms with Crippen molar-refractivity contribution < 1.29 is 9.59 Å². The molecule has 3 rings (SSSR count). The molecule has 2 N–H and O–H groups in total. The van der Waals surface area contributed by atoms with Gasteiger partial charge in [0.1, 0.15) is 0 Å². The Morgan fingerprint density at radius 1 is 1.16 bits per heavy atom.